The maximum Gasteiger partial charge on any atom is 0.154 e. The van der Waals surface area contributed by atoms with Crippen molar-refractivity contribution in [1.82, 2.24) is 0 Å². The summed E-state index contributed by atoms with van der Waals surface area (Å²) in [6.07, 6.45) is 6.43. The number of allylic oxidation sites excluding steroid dienone is 2. The zero-order valence-electron chi connectivity index (χ0n) is 17.1. The predicted octanol–water partition coefficient (Wildman–Crippen LogP) is 5.13. The molecule has 0 spiro atoms. The monoisotopic (exact) mass is 372 g/mol. The summed E-state index contributed by atoms with van der Waals surface area (Å²) in [5, 5.41) is 20.4. The van der Waals surface area contributed by atoms with Crippen LogP contribution in [0.4, 0.5) is 0 Å². The van der Waals surface area contributed by atoms with Gasteiger partial charge in [0.25, 0.3) is 0 Å². The zero-order chi connectivity index (χ0) is 20.4. The number of aromatic hydroxyl groups is 2. The Labute approximate surface area is 162 Å². The minimum Gasteiger partial charge on any atom is -0.508 e. The molecule has 4 heteroatoms. The summed E-state index contributed by atoms with van der Waals surface area (Å²) in [5.41, 5.74) is 2.32. The van der Waals surface area contributed by atoms with E-state index in [1.807, 2.05) is 13.0 Å². The number of carbonyl (C=O) groups excluding carboxylic acids is 2. The lowest BCUT2D eigenvalue weighted by molar-refractivity contribution is -0.132. The number of carbonyl (C=O) groups is 2. The number of rotatable bonds is 6. The maximum atomic E-state index is 12.2. The van der Waals surface area contributed by atoms with Gasteiger partial charge in [0, 0.05) is 17.9 Å². The summed E-state index contributed by atoms with van der Waals surface area (Å²) in [4.78, 5) is 23.3. The fraction of sp³-hybridized carbons (Fsp3) is 0.565. The lowest BCUT2D eigenvalue weighted by Crippen LogP contribution is -2.41. The second-order valence-corrected chi connectivity index (χ2v) is 8.46. The van der Waals surface area contributed by atoms with Gasteiger partial charge in [-0.1, -0.05) is 32.4 Å². The van der Waals surface area contributed by atoms with Gasteiger partial charge in [-0.2, -0.15) is 0 Å². The molecule has 4 nitrogen and oxygen atoms in total. The van der Waals surface area contributed by atoms with Crippen LogP contribution >= 0.6 is 0 Å². The van der Waals surface area contributed by atoms with Crippen LogP contribution in [0.3, 0.4) is 0 Å². The van der Waals surface area contributed by atoms with Crippen molar-refractivity contribution in [3.63, 3.8) is 0 Å². The van der Waals surface area contributed by atoms with Crippen molar-refractivity contribution in [1.29, 1.82) is 0 Å². The molecule has 1 aromatic carbocycles. The molecule has 3 atom stereocenters. The molecule has 1 saturated carbocycles. The number of aldehydes is 1. The fourth-order valence-corrected chi connectivity index (χ4v) is 4.20. The van der Waals surface area contributed by atoms with Crippen LogP contribution in [0.15, 0.2) is 17.7 Å². The van der Waals surface area contributed by atoms with Crippen LogP contribution in [0.5, 0.6) is 11.5 Å². The average Bonchev–Trinajstić information content (AvgIpc) is 2.61. The number of ketones is 1. The van der Waals surface area contributed by atoms with Gasteiger partial charge in [0.05, 0.1) is 5.56 Å². The van der Waals surface area contributed by atoms with E-state index >= 15 is 0 Å². The summed E-state index contributed by atoms with van der Waals surface area (Å²) < 4.78 is 0. The van der Waals surface area contributed by atoms with Gasteiger partial charge >= 0.3 is 0 Å². The van der Waals surface area contributed by atoms with Crippen molar-refractivity contribution in [3.05, 3.63) is 34.4 Å². The van der Waals surface area contributed by atoms with E-state index in [0.29, 0.717) is 42.0 Å². The number of hydrogen-bond acceptors (Lipinski definition) is 4. The Kier molecular flexibility index (Phi) is 6.50. The summed E-state index contributed by atoms with van der Waals surface area (Å²) >= 11 is 0. The summed E-state index contributed by atoms with van der Waals surface area (Å²) in [7, 11) is 0. The number of phenolic OH excluding ortho intramolecular Hbond substituents is 2. The Hall–Kier alpha value is -2.10. The minimum atomic E-state index is -0.140. The van der Waals surface area contributed by atoms with Crippen LogP contribution in [0.2, 0.25) is 0 Å². The molecule has 1 aliphatic rings. The minimum absolute atomic E-state index is 0.00323. The number of hydrogen-bond donors (Lipinski definition) is 2. The van der Waals surface area contributed by atoms with Crippen molar-refractivity contribution < 1.29 is 19.8 Å². The first kappa shape index (κ1) is 21.2. The van der Waals surface area contributed by atoms with E-state index in [1.54, 1.807) is 6.92 Å². The van der Waals surface area contributed by atoms with E-state index in [9.17, 15) is 19.8 Å². The summed E-state index contributed by atoms with van der Waals surface area (Å²) in [6.45, 7) is 10.2. The Morgan fingerprint density at radius 3 is 2.63 bits per heavy atom. The number of aryl methyl sites for hydroxylation is 1. The lowest BCUT2D eigenvalue weighted by Gasteiger charge is -2.44. The fourth-order valence-electron chi connectivity index (χ4n) is 4.20. The molecule has 0 saturated heterocycles. The summed E-state index contributed by atoms with van der Waals surface area (Å²) in [6, 6.07) is 1.51. The normalized spacial score (nSPS) is 26.3. The van der Waals surface area contributed by atoms with Gasteiger partial charge in [0.15, 0.2) is 6.29 Å². The van der Waals surface area contributed by atoms with Gasteiger partial charge < -0.3 is 10.2 Å². The molecule has 0 aromatic heterocycles. The van der Waals surface area contributed by atoms with Crippen LogP contribution in [0, 0.1) is 24.2 Å². The highest BCUT2D eigenvalue weighted by molar-refractivity contribution is 5.83. The van der Waals surface area contributed by atoms with E-state index in [0.717, 1.165) is 24.8 Å². The summed E-state index contributed by atoms with van der Waals surface area (Å²) in [5.74, 6) is 0.825. The van der Waals surface area contributed by atoms with Gasteiger partial charge in [0.1, 0.15) is 17.3 Å². The van der Waals surface area contributed by atoms with Crippen LogP contribution in [-0.2, 0) is 11.2 Å². The first-order valence-corrected chi connectivity index (χ1v) is 9.79. The molecule has 1 aliphatic carbocycles. The van der Waals surface area contributed by atoms with Crippen LogP contribution in [-0.4, -0.2) is 22.3 Å². The van der Waals surface area contributed by atoms with Gasteiger partial charge in [-0.15, -0.1) is 0 Å². The standard InChI is InChI=1S/C23H32O4/c1-14(10-11-23(5)16(3)7-9-20(25)17(23)4)6-8-18-21(26)12-15(2)19(13-24)22(18)27/h6,12-13,16-17,26-27H,7-11H2,1-5H3/t16-,17-,23+/m1/s1. The molecule has 0 radical (unpaired) electrons. The zero-order valence-corrected chi connectivity index (χ0v) is 17.1. The maximum absolute atomic E-state index is 12.2. The molecule has 0 bridgehead atoms. The van der Waals surface area contributed by atoms with Crippen molar-refractivity contribution >= 4 is 12.1 Å². The van der Waals surface area contributed by atoms with Crippen molar-refractivity contribution in [3.8, 4) is 11.5 Å². The largest absolute Gasteiger partial charge is 0.508 e. The van der Waals surface area contributed by atoms with Gasteiger partial charge in [-0.3, -0.25) is 9.59 Å². The second-order valence-electron chi connectivity index (χ2n) is 8.46. The molecule has 1 aromatic rings. The Morgan fingerprint density at radius 2 is 2.00 bits per heavy atom. The third-order valence-corrected chi connectivity index (χ3v) is 6.88. The Bertz CT molecular complexity index is 762. The second kappa shape index (κ2) is 8.28. The molecule has 2 rings (SSSR count). The van der Waals surface area contributed by atoms with Crippen LogP contribution in [0.25, 0.3) is 0 Å². The molecular formula is C23H32O4. The Balaban J connectivity index is 2.11. The molecule has 148 valence electrons. The number of benzene rings is 1. The Morgan fingerprint density at radius 1 is 1.33 bits per heavy atom. The van der Waals surface area contributed by atoms with Gasteiger partial charge in [-0.05, 0) is 62.5 Å². The van der Waals surface area contributed by atoms with Crippen LogP contribution < -0.4 is 0 Å². The first-order chi connectivity index (χ1) is 12.6. The lowest BCUT2D eigenvalue weighted by atomic mass is 9.59. The SMILES string of the molecule is CC(=CCc1c(O)cc(C)c(C=O)c1O)CC[C@@]1(C)[C@H](C)CCC(=O)[C@H]1C. The third kappa shape index (κ3) is 4.26. The highest BCUT2D eigenvalue weighted by atomic mass is 16.3. The van der Waals surface area contributed by atoms with Crippen LogP contribution in [0.1, 0.15) is 74.9 Å². The van der Waals surface area contributed by atoms with Crippen molar-refractivity contribution in [2.75, 3.05) is 0 Å². The molecular weight excluding hydrogens is 340 g/mol. The smallest absolute Gasteiger partial charge is 0.154 e. The van der Waals surface area contributed by atoms with E-state index in [1.165, 1.54) is 6.07 Å². The van der Waals surface area contributed by atoms with E-state index in [-0.39, 0.29) is 28.4 Å². The number of phenols is 2. The molecule has 27 heavy (non-hydrogen) atoms. The highest BCUT2D eigenvalue weighted by Gasteiger charge is 2.42. The number of Topliss-reactive ketones (excluding diaryl/α,β-unsaturated/α-hetero) is 1. The van der Waals surface area contributed by atoms with E-state index in [2.05, 4.69) is 20.8 Å². The molecule has 2 N–H and O–H groups in total. The molecule has 0 aliphatic heterocycles. The van der Waals surface area contributed by atoms with E-state index < -0.39 is 0 Å². The molecule has 1 fully saturated rings. The van der Waals surface area contributed by atoms with E-state index in [4.69, 9.17) is 0 Å². The van der Waals surface area contributed by atoms with Gasteiger partial charge in [-0.25, -0.2) is 0 Å². The quantitative estimate of drug-likeness (QED) is 0.536. The topological polar surface area (TPSA) is 74.6 Å². The molecule has 0 unspecified atom stereocenters. The predicted molar refractivity (Wildman–Crippen MR) is 107 cm³/mol. The first-order valence-electron chi connectivity index (χ1n) is 9.79. The average molecular weight is 373 g/mol. The van der Waals surface area contributed by atoms with Gasteiger partial charge in [0.2, 0.25) is 0 Å². The molecule has 0 amide bonds. The highest BCUT2D eigenvalue weighted by Crippen LogP contribution is 2.47. The third-order valence-electron chi connectivity index (χ3n) is 6.88. The van der Waals surface area contributed by atoms with Crippen molar-refractivity contribution in [2.45, 2.75) is 66.7 Å². The van der Waals surface area contributed by atoms with Crippen molar-refractivity contribution in [2.24, 2.45) is 17.3 Å². The molecule has 0 heterocycles.